The van der Waals surface area contributed by atoms with Crippen molar-refractivity contribution < 1.29 is 9.90 Å². The maximum atomic E-state index is 10.5. The second-order valence-corrected chi connectivity index (χ2v) is 4.27. The molecule has 1 aromatic carbocycles. The van der Waals surface area contributed by atoms with Crippen molar-refractivity contribution in [2.24, 2.45) is 0 Å². The number of benzene rings is 1. The Morgan fingerprint density at radius 3 is 2.68 bits per heavy atom. The van der Waals surface area contributed by atoms with Crippen LogP contribution in [0.5, 0.6) is 0 Å². The topological polar surface area (TPSA) is 63.1 Å². The van der Waals surface area contributed by atoms with E-state index in [1.807, 2.05) is 25.1 Å². The molecular formula is C15H14N2O2. The summed E-state index contributed by atoms with van der Waals surface area (Å²) in [6, 6.07) is 7.90. The molecule has 0 bridgehead atoms. The Bertz CT molecular complexity index is 648. The Morgan fingerprint density at radius 1 is 1.21 bits per heavy atom. The van der Waals surface area contributed by atoms with E-state index in [4.69, 9.17) is 5.11 Å². The molecule has 19 heavy (non-hydrogen) atoms. The molecule has 0 saturated heterocycles. The van der Waals surface area contributed by atoms with Gasteiger partial charge in [-0.1, -0.05) is 12.1 Å². The number of aryl methyl sites for hydroxylation is 2. The van der Waals surface area contributed by atoms with Gasteiger partial charge in [0.1, 0.15) is 0 Å². The molecule has 4 heteroatoms. The highest BCUT2D eigenvalue weighted by atomic mass is 16.4. The lowest BCUT2D eigenvalue weighted by atomic mass is 10.0. The average Bonchev–Trinajstić information content (AvgIpc) is 2.40. The predicted molar refractivity (Wildman–Crippen MR) is 73.6 cm³/mol. The first kappa shape index (κ1) is 13.0. The standard InChI is InChI=1S/C15H14N2O2/c1-10-3-4-12(9-11(10)2)13-7-8-16-14(17-13)5-6-15(18)19/h3-9H,1-2H3,(H,18,19)/b6-5+. The van der Waals surface area contributed by atoms with Crippen molar-refractivity contribution in [3.05, 3.63) is 53.5 Å². The van der Waals surface area contributed by atoms with Crippen LogP contribution in [0.1, 0.15) is 17.0 Å². The van der Waals surface area contributed by atoms with E-state index in [0.29, 0.717) is 5.82 Å². The Balaban J connectivity index is 2.37. The number of carboxylic acid groups (broad SMARTS) is 1. The fourth-order valence-corrected chi connectivity index (χ4v) is 1.66. The van der Waals surface area contributed by atoms with Crippen LogP contribution in [0.15, 0.2) is 36.5 Å². The van der Waals surface area contributed by atoms with Crippen LogP contribution >= 0.6 is 0 Å². The summed E-state index contributed by atoms with van der Waals surface area (Å²) in [4.78, 5) is 18.8. The molecule has 4 nitrogen and oxygen atoms in total. The molecule has 0 saturated carbocycles. The van der Waals surface area contributed by atoms with Crippen molar-refractivity contribution in [3.63, 3.8) is 0 Å². The van der Waals surface area contributed by atoms with Crippen LogP contribution in [0.25, 0.3) is 17.3 Å². The molecule has 2 aromatic rings. The number of carboxylic acids is 1. The Morgan fingerprint density at radius 2 is 2.00 bits per heavy atom. The van der Waals surface area contributed by atoms with Crippen LogP contribution in [0.2, 0.25) is 0 Å². The van der Waals surface area contributed by atoms with E-state index >= 15 is 0 Å². The summed E-state index contributed by atoms with van der Waals surface area (Å²) < 4.78 is 0. The van der Waals surface area contributed by atoms with Gasteiger partial charge in [-0.05, 0) is 43.2 Å². The molecule has 96 valence electrons. The Hall–Kier alpha value is -2.49. The molecule has 1 N–H and O–H groups in total. The smallest absolute Gasteiger partial charge is 0.328 e. The highest BCUT2D eigenvalue weighted by Gasteiger charge is 2.02. The third kappa shape index (κ3) is 3.25. The van der Waals surface area contributed by atoms with E-state index in [-0.39, 0.29) is 0 Å². The maximum Gasteiger partial charge on any atom is 0.328 e. The molecule has 0 amide bonds. The van der Waals surface area contributed by atoms with Gasteiger partial charge in [0.2, 0.25) is 0 Å². The van der Waals surface area contributed by atoms with Crippen molar-refractivity contribution in [3.8, 4) is 11.3 Å². The van der Waals surface area contributed by atoms with E-state index in [9.17, 15) is 4.79 Å². The van der Waals surface area contributed by atoms with Gasteiger partial charge >= 0.3 is 5.97 Å². The van der Waals surface area contributed by atoms with Gasteiger partial charge < -0.3 is 5.11 Å². The third-order valence-electron chi connectivity index (χ3n) is 2.85. The summed E-state index contributed by atoms with van der Waals surface area (Å²) in [6.45, 7) is 4.10. The predicted octanol–water partition coefficient (Wildman–Crippen LogP) is 2.86. The van der Waals surface area contributed by atoms with Crippen molar-refractivity contribution >= 4 is 12.0 Å². The number of hydrogen-bond donors (Lipinski definition) is 1. The van der Waals surface area contributed by atoms with Crippen LogP contribution in [-0.4, -0.2) is 21.0 Å². The summed E-state index contributed by atoms with van der Waals surface area (Å²) in [5.74, 6) is -0.627. The van der Waals surface area contributed by atoms with Crippen molar-refractivity contribution in [2.45, 2.75) is 13.8 Å². The highest BCUT2D eigenvalue weighted by molar-refractivity contribution is 5.84. The van der Waals surface area contributed by atoms with Gasteiger partial charge in [-0.25, -0.2) is 14.8 Å². The first-order valence-corrected chi connectivity index (χ1v) is 5.88. The highest BCUT2D eigenvalue weighted by Crippen LogP contribution is 2.20. The number of aliphatic carboxylic acids is 1. The van der Waals surface area contributed by atoms with Crippen LogP contribution < -0.4 is 0 Å². The van der Waals surface area contributed by atoms with E-state index in [1.54, 1.807) is 6.20 Å². The van der Waals surface area contributed by atoms with Gasteiger partial charge in [-0.2, -0.15) is 0 Å². The molecule has 0 spiro atoms. The summed E-state index contributed by atoms with van der Waals surface area (Å²) >= 11 is 0. The van der Waals surface area contributed by atoms with Gasteiger partial charge in [0.05, 0.1) is 5.69 Å². The van der Waals surface area contributed by atoms with Crippen molar-refractivity contribution in [2.75, 3.05) is 0 Å². The van der Waals surface area contributed by atoms with Gasteiger partial charge in [-0.15, -0.1) is 0 Å². The van der Waals surface area contributed by atoms with Crippen LogP contribution in [-0.2, 0) is 4.79 Å². The fourth-order valence-electron chi connectivity index (χ4n) is 1.66. The molecule has 0 radical (unpaired) electrons. The van der Waals surface area contributed by atoms with E-state index in [0.717, 1.165) is 17.3 Å². The second kappa shape index (κ2) is 5.44. The zero-order chi connectivity index (χ0) is 13.8. The minimum Gasteiger partial charge on any atom is -0.478 e. The number of rotatable bonds is 3. The molecular weight excluding hydrogens is 240 g/mol. The van der Waals surface area contributed by atoms with Crippen molar-refractivity contribution in [1.29, 1.82) is 0 Å². The molecule has 2 rings (SSSR count). The van der Waals surface area contributed by atoms with E-state index < -0.39 is 5.97 Å². The lowest BCUT2D eigenvalue weighted by molar-refractivity contribution is -0.131. The largest absolute Gasteiger partial charge is 0.478 e. The molecule has 0 aliphatic rings. The first-order chi connectivity index (χ1) is 9.06. The molecule has 0 atom stereocenters. The van der Waals surface area contributed by atoms with E-state index in [2.05, 4.69) is 23.0 Å². The monoisotopic (exact) mass is 254 g/mol. The normalized spacial score (nSPS) is 10.8. The van der Waals surface area contributed by atoms with Crippen LogP contribution in [0.3, 0.4) is 0 Å². The quantitative estimate of drug-likeness (QED) is 0.855. The number of nitrogens with zero attached hydrogens (tertiary/aromatic N) is 2. The number of carbonyl (C=O) groups is 1. The minimum absolute atomic E-state index is 0.387. The third-order valence-corrected chi connectivity index (χ3v) is 2.85. The zero-order valence-corrected chi connectivity index (χ0v) is 10.8. The average molecular weight is 254 g/mol. The molecule has 0 aliphatic carbocycles. The molecule has 1 heterocycles. The number of hydrogen-bond acceptors (Lipinski definition) is 3. The Kier molecular flexibility index (Phi) is 3.71. The number of aromatic nitrogens is 2. The maximum absolute atomic E-state index is 10.5. The molecule has 1 aromatic heterocycles. The summed E-state index contributed by atoms with van der Waals surface area (Å²) in [6.07, 6.45) is 4.03. The fraction of sp³-hybridized carbons (Fsp3) is 0.133. The van der Waals surface area contributed by atoms with Crippen LogP contribution in [0, 0.1) is 13.8 Å². The second-order valence-electron chi connectivity index (χ2n) is 4.27. The van der Waals surface area contributed by atoms with Gasteiger partial charge in [0.25, 0.3) is 0 Å². The lowest BCUT2D eigenvalue weighted by Gasteiger charge is -2.05. The summed E-state index contributed by atoms with van der Waals surface area (Å²) in [5.41, 5.74) is 4.20. The lowest BCUT2D eigenvalue weighted by Crippen LogP contribution is -1.93. The Labute approximate surface area is 111 Å². The van der Waals surface area contributed by atoms with E-state index in [1.165, 1.54) is 17.2 Å². The summed E-state index contributed by atoms with van der Waals surface area (Å²) in [7, 11) is 0. The minimum atomic E-state index is -1.01. The van der Waals surface area contributed by atoms with Gasteiger partial charge in [0, 0.05) is 17.8 Å². The summed E-state index contributed by atoms with van der Waals surface area (Å²) in [5, 5.41) is 8.59. The molecule has 0 unspecified atom stereocenters. The van der Waals surface area contributed by atoms with Crippen molar-refractivity contribution in [1.82, 2.24) is 9.97 Å². The SMILES string of the molecule is Cc1ccc(-c2ccnc(/C=C/C(=O)O)n2)cc1C. The zero-order valence-electron chi connectivity index (χ0n) is 10.8. The van der Waals surface area contributed by atoms with Gasteiger partial charge in [-0.3, -0.25) is 0 Å². The molecule has 0 aliphatic heterocycles. The first-order valence-electron chi connectivity index (χ1n) is 5.88. The van der Waals surface area contributed by atoms with Gasteiger partial charge in [0.15, 0.2) is 5.82 Å². The molecule has 0 fully saturated rings. The van der Waals surface area contributed by atoms with Crippen LogP contribution in [0.4, 0.5) is 0 Å².